The van der Waals surface area contributed by atoms with Gasteiger partial charge in [-0.3, -0.25) is 9.69 Å². The molecule has 0 spiro atoms. The molecule has 0 aromatic heterocycles. The third kappa shape index (κ3) is 6.75. The molecule has 8 nitrogen and oxygen atoms in total. The highest BCUT2D eigenvalue weighted by Gasteiger charge is 2.33. The van der Waals surface area contributed by atoms with E-state index in [2.05, 4.69) is 0 Å². The summed E-state index contributed by atoms with van der Waals surface area (Å²) in [6, 6.07) is 8.89. The van der Waals surface area contributed by atoms with Gasteiger partial charge in [-0.15, -0.1) is 0 Å². The summed E-state index contributed by atoms with van der Waals surface area (Å²) in [7, 11) is 0. The minimum atomic E-state index is -1.11. The minimum Gasteiger partial charge on any atom is -0.480 e. The van der Waals surface area contributed by atoms with Gasteiger partial charge in [-0.05, 0) is 39.2 Å². The topological polar surface area (TPSA) is 96.4 Å². The van der Waals surface area contributed by atoms with Gasteiger partial charge in [0.25, 0.3) is 0 Å². The number of ether oxygens (including phenoxy) is 2. The standard InChI is InChI=1S/C20H28N2O6/c1-20(2,3)28-18(25)21-11-9-16(10-12-21)22(13-17(23)24)19(26)27-14-15-7-5-4-6-8-15/h4-8,16H,9-14H2,1-3H3,(H,23,24). The lowest BCUT2D eigenvalue weighted by Crippen LogP contribution is -2.51. The first-order valence-electron chi connectivity index (χ1n) is 9.33. The van der Waals surface area contributed by atoms with Crippen molar-refractivity contribution in [3.05, 3.63) is 35.9 Å². The maximum absolute atomic E-state index is 12.5. The highest BCUT2D eigenvalue weighted by molar-refractivity contribution is 5.77. The van der Waals surface area contributed by atoms with Crippen LogP contribution >= 0.6 is 0 Å². The quantitative estimate of drug-likeness (QED) is 0.827. The molecular formula is C20H28N2O6. The van der Waals surface area contributed by atoms with Crippen LogP contribution in [0.5, 0.6) is 0 Å². The summed E-state index contributed by atoms with van der Waals surface area (Å²) in [5, 5.41) is 9.18. The minimum absolute atomic E-state index is 0.0759. The summed E-state index contributed by atoms with van der Waals surface area (Å²) < 4.78 is 10.7. The molecule has 0 saturated carbocycles. The van der Waals surface area contributed by atoms with Crippen molar-refractivity contribution in [3.63, 3.8) is 0 Å². The SMILES string of the molecule is CC(C)(C)OC(=O)N1CCC(N(CC(=O)O)C(=O)OCc2ccccc2)CC1. The highest BCUT2D eigenvalue weighted by atomic mass is 16.6. The first-order valence-corrected chi connectivity index (χ1v) is 9.33. The van der Waals surface area contributed by atoms with Crippen LogP contribution in [-0.4, -0.2) is 64.3 Å². The Bertz CT molecular complexity index is 678. The molecule has 0 radical (unpaired) electrons. The Morgan fingerprint density at radius 1 is 1.14 bits per heavy atom. The number of rotatable bonds is 5. The zero-order chi connectivity index (χ0) is 20.7. The molecule has 0 bridgehead atoms. The fourth-order valence-corrected chi connectivity index (χ4v) is 2.98. The fourth-order valence-electron chi connectivity index (χ4n) is 2.98. The molecule has 0 aliphatic carbocycles. The van der Waals surface area contributed by atoms with Gasteiger partial charge in [0.2, 0.25) is 0 Å². The number of carbonyl (C=O) groups excluding carboxylic acids is 2. The van der Waals surface area contributed by atoms with Crippen LogP contribution < -0.4 is 0 Å². The molecule has 8 heteroatoms. The Labute approximate surface area is 165 Å². The molecule has 2 rings (SSSR count). The molecule has 1 heterocycles. The molecule has 2 amide bonds. The Balaban J connectivity index is 1.93. The molecule has 28 heavy (non-hydrogen) atoms. The number of aliphatic carboxylic acids is 1. The van der Waals surface area contributed by atoms with Crippen LogP contribution in [0.1, 0.15) is 39.2 Å². The highest BCUT2D eigenvalue weighted by Crippen LogP contribution is 2.20. The van der Waals surface area contributed by atoms with Gasteiger partial charge in [-0.2, -0.15) is 0 Å². The van der Waals surface area contributed by atoms with Crippen molar-refractivity contribution in [1.29, 1.82) is 0 Å². The van der Waals surface area contributed by atoms with Gasteiger partial charge in [-0.25, -0.2) is 9.59 Å². The van der Waals surface area contributed by atoms with E-state index in [0.29, 0.717) is 25.9 Å². The van der Waals surface area contributed by atoms with Crippen LogP contribution in [-0.2, 0) is 20.9 Å². The zero-order valence-electron chi connectivity index (χ0n) is 16.6. The molecule has 1 saturated heterocycles. The second-order valence-corrected chi connectivity index (χ2v) is 7.76. The molecule has 1 fully saturated rings. The number of carbonyl (C=O) groups is 3. The maximum atomic E-state index is 12.5. The number of nitrogens with zero attached hydrogens (tertiary/aromatic N) is 2. The van der Waals surface area contributed by atoms with E-state index in [1.54, 1.807) is 25.7 Å². The van der Waals surface area contributed by atoms with Crippen molar-refractivity contribution in [3.8, 4) is 0 Å². The van der Waals surface area contributed by atoms with Crippen LogP contribution in [0.2, 0.25) is 0 Å². The molecule has 1 aliphatic rings. The Hall–Kier alpha value is -2.77. The average molecular weight is 392 g/mol. The molecule has 1 aliphatic heterocycles. The average Bonchev–Trinajstić information content (AvgIpc) is 2.63. The van der Waals surface area contributed by atoms with Gasteiger partial charge in [0.1, 0.15) is 18.8 Å². The first kappa shape index (κ1) is 21.5. The summed E-state index contributed by atoms with van der Waals surface area (Å²) in [6.07, 6.45) is -0.135. The molecule has 1 aromatic rings. The number of likely N-dealkylation sites (tertiary alicyclic amines) is 1. The first-order chi connectivity index (χ1) is 13.2. The van der Waals surface area contributed by atoms with E-state index in [9.17, 15) is 19.5 Å². The van der Waals surface area contributed by atoms with Crippen LogP contribution in [0, 0.1) is 0 Å². The number of carboxylic acids is 1. The second kappa shape index (κ2) is 9.43. The van der Waals surface area contributed by atoms with E-state index < -0.39 is 30.3 Å². The monoisotopic (exact) mass is 392 g/mol. The van der Waals surface area contributed by atoms with Crippen LogP contribution in [0.15, 0.2) is 30.3 Å². The van der Waals surface area contributed by atoms with Crippen molar-refractivity contribution in [2.24, 2.45) is 0 Å². The lowest BCUT2D eigenvalue weighted by atomic mass is 10.0. The molecule has 0 atom stereocenters. The Morgan fingerprint density at radius 3 is 2.29 bits per heavy atom. The van der Waals surface area contributed by atoms with Gasteiger partial charge in [0, 0.05) is 19.1 Å². The van der Waals surface area contributed by atoms with E-state index in [1.807, 2.05) is 30.3 Å². The lowest BCUT2D eigenvalue weighted by molar-refractivity contribution is -0.138. The Kier molecular flexibility index (Phi) is 7.25. The summed E-state index contributed by atoms with van der Waals surface area (Å²) in [5.41, 5.74) is 0.246. The fraction of sp³-hybridized carbons (Fsp3) is 0.550. The number of hydrogen-bond acceptors (Lipinski definition) is 5. The third-order valence-electron chi connectivity index (χ3n) is 4.30. The molecule has 0 unspecified atom stereocenters. The van der Waals surface area contributed by atoms with E-state index in [-0.39, 0.29) is 12.6 Å². The summed E-state index contributed by atoms with van der Waals surface area (Å²) in [6.45, 7) is 5.82. The third-order valence-corrected chi connectivity index (χ3v) is 4.30. The zero-order valence-corrected chi connectivity index (χ0v) is 16.6. The van der Waals surface area contributed by atoms with Gasteiger partial charge in [-0.1, -0.05) is 30.3 Å². The molecule has 154 valence electrons. The van der Waals surface area contributed by atoms with Crippen molar-refractivity contribution in [2.75, 3.05) is 19.6 Å². The second-order valence-electron chi connectivity index (χ2n) is 7.76. The van der Waals surface area contributed by atoms with E-state index in [0.717, 1.165) is 5.56 Å². The van der Waals surface area contributed by atoms with Crippen LogP contribution in [0.3, 0.4) is 0 Å². The van der Waals surface area contributed by atoms with Crippen molar-refractivity contribution < 1.29 is 29.0 Å². The predicted octanol–water partition coefficient (Wildman–Crippen LogP) is 3.11. The number of piperidine rings is 1. The molecular weight excluding hydrogens is 364 g/mol. The number of amides is 2. The van der Waals surface area contributed by atoms with E-state index >= 15 is 0 Å². The number of carboxylic acid groups (broad SMARTS) is 1. The maximum Gasteiger partial charge on any atom is 0.410 e. The van der Waals surface area contributed by atoms with Crippen LogP contribution in [0.25, 0.3) is 0 Å². The lowest BCUT2D eigenvalue weighted by Gasteiger charge is -2.37. The predicted molar refractivity (Wildman–Crippen MR) is 102 cm³/mol. The van der Waals surface area contributed by atoms with E-state index in [4.69, 9.17) is 9.47 Å². The van der Waals surface area contributed by atoms with Gasteiger partial charge < -0.3 is 19.5 Å². The van der Waals surface area contributed by atoms with Crippen molar-refractivity contribution >= 4 is 18.2 Å². The summed E-state index contributed by atoms with van der Waals surface area (Å²) in [4.78, 5) is 38.7. The molecule has 1 N–H and O–H groups in total. The normalized spacial score (nSPS) is 15.0. The number of hydrogen-bond donors (Lipinski definition) is 1. The Morgan fingerprint density at radius 2 is 1.75 bits per heavy atom. The molecule has 1 aromatic carbocycles. The van der Waals surface area contributed by atoms with Gasteiger partial charge in [0.05, 0.1) is 0 Å². The summed E-state index contributed by atoms with van der Waals surface area (Å²) >= 11 is 0. The van der Waals surface area contributed by atoms with Crippen molar-refractivity contribution in [1.82, 2.24) is 9.80 Å². The smallest absolute Gasteiger partial charge is 0.410 e. The van der Waals surface area contributed by atoms with E-state index in [1.165, 1.54) is 4.90 Å². The van der Waals surface area contributed by atoms with Gasteiger partial charge in [0.15, 0.2) is 0 Å². The van der Waals surface area contributed by atoms with Gasteiger partial charge >= 0.3 is 18.2 Å². The largest absolute Gasteiger partial charge is 0.480 e. The van der Waals surface area contributed by atoms with Crippen LogP contribution in [0.4, 0.5) is 9.59 Å². The van der Waals surface area contributed by atoms with Crippen molar-refractivity contribution in [2.45, 2.75) is 51.9 Å². The summed E-state index contributed by atoms with van der Waals surface area (Å²) in [5.74, 6) is -1.11. The number of benzene rings is 1.